The fourth-order valence-corrected chi connectivity index (χ4v) is 4.69. The number of aliphatic hydroxyl groups is 1. The van der Waals surface area contributed by atoms with Gasteiger partial charge in [-0.1, -0.05) is 24.3 Å². The van der Waals surface area contributed by atoms with Gasteiger partial charge in [-0.3, -0.25) is 9.69 Å². The maximum Gasteiger partial charge on any atom is 0.222 e. The molecular weight excluding hydrogens is 435 g/mol. The van der Waals surface area contributed by atoms with Crippen molar-refractivity contribution >= 4 is 5.91 Å². The van der Waals surface area contributed by atoms with E-state index in [4.69, 9.17) is 9.47 Å². The smallest absolute Gasteiger partial charge is 0.222 e. The number of hydrogen-bond acceptors (Lipinski definition) is 5. The maximum atomic E-state index is 13.8. The van der Waals surface area contributed by atoms with Crippen LogP contribution >= 0.6 is 0 Å². The number of ether oxygens (including phenoxy) is 2. The van der Waals surface area contributed by atoms with E-state index >= 15 is 0 Å². The van der Waals surface area contributed by atoms with Gasteiger partial charge >= 0.3 is 0 Å². The molecule has 2 heterocycles. The Kier molecular flexibility index (Phi) is 8.40. The summed E-state index contributed by atoms with van der Waals surface area (Å²) in [6.45, 7) is 4.72. The second-order valence-electron chi connectivity index (χ2n) is 9.41. The Bertz CT molecular complexity index is 956. The topological polar surface area (TPSA) is 62.2 Å². The Morgan fingerprint density at radius 2 is 1.88 bits per heavy atom. The van der Waals surface area contributed by atoms with Crippen molar-refractivity contribution < 1.29 is 23.8 Å². The number of halogens is 1. The first-order valence-electron chi connectivity index (χ1n) is 12.3. The summed E-state index contributed by atoms with van der Waals surface area (Å²) in [6.07, 6.45) is 4.52. The number of nitrogens with zero attached hydrogens (tertiary/aromatic N) is 2. The van der Waals surface area contributed by atoms with E-state index in [0.717, 1.165) is 57.7 Å². The molecule has 0 spiro atoms. The second kappa shape index (κ2) is 11.7. The monoisotopic (exact) mass is 470 g/mol. The van der Waals surface area contributed by atoms with Crippen molar-refractivity contribution in [3.63, 3.8) is 0 Å². The number of carbonyl (C=O) groups excluding carboxylic acids is 1. The van der Waals surface area contributed by atoms with Gasteiger partial charge < -0.3 is 19.5 Å². The van der Waals surface area contributed by atoms with Gasteiger partial charge in [0, 0.05) is 32.6 Å². The van der Waals surface area contributed by atoms with Crippen LogP contribution in [0.1, 0.15) is 44.1 Å². The molecule has 0 aromatic heterocycles. The Labute approximate surface area is 201 Å². The van der Waals surface area contributed by atoms with Crippen LogP contribution in [0.15, 0.2) is 48.5 Å². The highest BCUT2D eigenvalue weighted by atomic mass is 19.1. The molecule has 184 valence electrons. The first kappa shape index (κ1) is 24.5. The molecule has 0 radical (unpaired) electrons. The van der Waals surface area contributed by atoms with E-state index < -0.39 is 11.4 Å². The minimum absolute atomic E-state index is 0.0914. The van der Waals surface area contributed by atoms with E-state index in [0.29, 0.717) is 25.9 Å². The van der Waals surface area contributed by atoms with Crippen molar-refractivity contribution in [1.82, 2.24) is 9.80 Å². The molecule has 2 saturated heterocycles. The first-order valence-corrected chi connectivity index (χ1v) is 12.3. The average molecular weight is 471 g/mol. The lowest BCUT2D eigenvalue weighted by atomic mass is 9.96. The number of amides is 1. The minimum atomic E-state index is -0.960. The van der Waals surface area contributed by atoms with Crippen LogP contribution in [0.2, 0.25) is 0 Å². The van der Waals surface area contributed by atoms with E-state index in [2.05, 4.69) is 17.0 Å². The van der Waals surface area contributed by atoms with Crippen molar-refractivity contribution in [3.8, 4) is 11.5 Å². The summed E-state index contributed by atoms with van der Waals surface area (Å²) >= 11 is 0. The van der Waals surface area contributed by atoms with Gasteiger partial charge in [0.15, 0.2) is 11.6 Å². The summed E-state index contributed by atoms with van der Waals surface area (Å²) in [6, 6.07) is 14.4. The van der Waals surface area contributed by atoms with Gasteiger partial charge in [-0.25, -0.2) is 4.39 Å². The summed E-state index contributed by atoms with van der Waals surface area (Å²) in [5.74, 6) is 0.869. The number of likely N-dealkylation sites (tertiary alicyclic amines) is 2. The van der Waals surface area contributed by atoms with Gasteiger partial charge in [-0.2, -0.15) is 0 Å². The molecule has 7 heteroatoms. The Morgan fingerprint density at radius 3 is 2.71 bits per heavy atom. The quantitative estimate of drug-likeness (QED) is 0.532. The standard InChI is InChI=1S/C27H35FN2O4/c28-24-9-1-2-10-25(24)34-21-27(32)12-5-14-29(17-13-27)20-22-7-3-8-23(19-22)33-18-6-16-30-15-4-11-26(30)31/h1-3,7-10,19,32H,4-6,11-18,20-21H2. The molecule has 0 saturated carbocycles. The maximum absolute atomic E-state index is 13.8. The van der Waals surface area contributed by atoms with Crippen LogP contribution in [0, 0.1) is 5.82 Å². The van der Waals surface area contributed by atoms with E-state index in [1.54, 1.807) is 18.2 Å². The number of hydrogen-bond donors (Lipinski definition) is 1. The average Bonchev–Trinajstić information content (AvgIpc) is 3.15. The van der Waals surface area contributed by atoms with E-state index in [1.807, 2.05) is 17.0 Å². The van der Waals surface area contributed by atoms with E-state index in [1.165, 1.54) is 11.6 Å². The second-order valence-corrected chi connectivity index (χ2v) is 9.41. The molecule has 1 unspecified atom stereocenters. The summed E-state index contributed by atoms with van der Waals surface area (Å²) < 4.78 is 25.4. The molecule has 2 aromatic carbocycles. The van der Waals surface area contributed by atoms with Crippen LogP contribution in [-0.4, -0.2) is 65.8 Å². The lowest BCUT2D eigenvalue weighted by molar-refractivity contribution is -0.127. The van der Waals surface area contributed by atoms with Crippen molar-refractivity contribution in [1.29, 1.82) is 0 Å². The molecule has 4 rings (SSSR count). The SMILES string of the molecule is O=C1CCCN1CCCOc1cccc(CN2CCCC(O)(COc3ccccc3F)CC2)c1. The van der Waals surface area contributed by atoms with Gasteiger partial charge in [0.1, 0.15) is 12.4 Å². The highest BCUT2D eigenvalue weighted by molar-refractivity contribution is 5.77. The van der Waals surface area contributed by atoms with Crippen LogP contribution in [0.4, 0.5) is 4.39 Å². The lowest BCUT2D eigenvalue weighted by Crippen LogP contribution is -2.37. The summed E-state index contributed by atoms with van der Waals surface area (Å²) in [5.41, 5.74) is 0.207. The number of para-hydroxylation sites is 1. The third-order valence-electron chi connectivity index (χ3n) is 6.66. The third-order valence-corrected chi connectivity index (χ3v) is 6.66. The fourth-order valence-electron chi connectivity index (χ4n) is 4.69. The Hall–Kier alpha value is -2.64. The Balaban J connectivity index is 1.22. The number of rotatable bonds is 10. The summed E-state index contributed by atoms with van der Waals surface area (Å²) in [5, 5.41) is 11.0. The van der Waals surface area contributed by atoms with Gasteiger partial charge in [0.25, 0.3) is 0 Å². The molecule has 34 heavy (non-hydrogen) atoms. The summed E-state index contributed by atoms with van der Waals surface area (Å²) in [4.78, 5) is 15.9. The van der Waals surface area contributed by atoms with Crippen LogP contribution in [0.25, 0.3) is 0 Å². The third kappa shape index (κ3) is 6.93. The zero-order valence-corrected chi connectivity index (χ0v) is 19.8. The normalized spacial score (nSPS) is 21.5. The molecule has 1 amide bonds. The van der Waals surface area contributed by atoms with Crippen LogP contribution in [0.3, 0.4) is 0 Å². The van der Waals surface area contributed by atoms with E-state index in [-0.39, 0.29) is 18.3 Å². The van der Waals surface area contributed by atoms with Crippen LogP contribution < -0.4 is 9.47 Å². The Morgan fingerprint density at radius 1 is 1.00 bits per heavy atom. The van der Waals surface area contributed by atoms with E-state index in [9.17, 15) is 14.3 Å². The van der Waals surface area contributed by atoms with Gasteiger partial charge in [-0.05, 0) is 68.5 Å². The molecule has 1 atom stereocenters. The molecular formula is C27H35FN2O4. The van der Waals surface area contributed by atoms with Gasteiger partial charge in [-0.15, -0.1) is 0 Å². The predicted molar refractivity (Wildman–Crippen MR) is 128 cm³/mol. The minimum Gasteiger partial charge on any atom is -0.494 e. The largest absolute Gasteiger partial charge is 0.494 e. The van der Waals surface area contributed by atoms with Crippen molar-refractivity contribution in [2.45, 2.75) is 50.7 Å². The number of carbonyl (C=O) groups is 1. The van der Waals surface area contributed by atoms with Crippen LogP contribution in [-0.2, 0) is 11.3 Å². The fraction of sp³-hybridized carbons (Fsp3) is 0.519. The zero-order chi connectivity index (χ0) is 23.8. The first-order chi connectivity index (χ1) is 16.5. The highest BCUT2D eigenvalue weighted by Gasteiger charge is 2.31. The van der Waals surface area contributed by atoms with Crippen molar-refractivity contribution in [2.24, 2.45) is 0 Å². The molecule has 0 bridgehead atoms. The predicted octanol–water partition coefficient (Wildman–Crippen LogP) is 4.01. The van der Waals surface area contributed by atoms with Gasteiger partial charge in [0.2, 0.25) is 5.91 Å². The molecule has 2 aliphatic heterocycles. The van der Waals surface area contributed by atoms with Crippen molar-refractivity contribution in [3.05, 3.63) is 59.9 Å². The highest BCUT2D eigenvalue weighted by Crippen LogP contribution is 2.26. The molecule has 0 aliphatic carbocycles. The van der Waals surface area contributed by atoms with Gasteiger partial charge in [0.05, 0.1) is 12.2 Å². The van der Waals surface area contributed by atoms with Crippen molar-refractivity contribution in [2.75, 3.05) is 39.4 Å². The summed E-state index contributed by atoms with van der Waals surface area (Å²) in [7, 11) is 0. The van der Waals surface area contributed by atoms with Crippen LogP contribution in [0.5, 0.6) is 11.5 Å². The number of benzene rings is 2. The molecule has 2 aliphatic rings. The molecule has 2 fully saturated rings. The lowest BCUT2D eigenvalue weighted by Gasteiger charge is -2.27. The molecule has 2 aromatic rings. The molecule has 6 nitrogen and oxygen atoms in total. The zero-order valence-electron chi connectivity index (χ0n) is 19.8. The molecule has 1 N–H and O–H groups in total.